The van der Waals surface area contributed by atoms with Crippen molar-refractivity contribution in [1.82, 2.24) is 10.2 Å². The van der Waals surface area contributed by atoms with E-state index < -0.39 is 12.7 Å². The van der Waals surface area contributed by atoms with E-state index in [0.29, 0.717) is 0 Å². The molecule has 0 aromatic rings. The Hall–Kier alpha value is -0.780. The standard InChI is InChI=1S/C9H15F3N2O/c10-9(11,12)7-13-4-3-8(15)14-5-1-2-6-14/h13H,1-7H2. The van der Waals surface area contributed by atoms with Gasteiger partial charge in [0.25, 0.3) is 0 Å². The molecule has 88 valence electrons. The third kappa shape index (κ3) is 5.01. The van der Waals surface area contributed by atoms with Crippen molar-refractivity contribution in [2.45, 2.75) is 25.4 Å². The summed E-state index contributed by atoms with van der Waals surface area (Å²) in [5.41, 5.74) is 0. The SMILES string of the molecule is O=C(CCNCC(F)(F)F)N1CCCC1. The van der Waals surface area contributed by atoms with E-state index in [4.69, 9.17) is 0 Å². The lowest BCUT2D eigenvalue weighted by atomic mass is 10.3. The molecule has 0 aromatic heterocycles. The van der Waals surface area contributed by atoms with Crippen LogP contribution in [-0.4, -0.2) is 43.2 Å². The van der Waals surface area contributed by atoms with Crippen LogP contribution in [0, 0.1) is 0 Å². The van der Waals surface area contributed by atoms with Crippen molar-refractivity contribution in [3.8, 4) is 0 Å². The third-order valence-electron chi connectivity index (χ3n) is 2.30. The van der Waals surface area contributed by atoms with E-state index in [1.807, 2.05) is 0 Å². The number of hydrogen-bond acceptors (Lipinski definition) is 2. The van der Waals surface area contributed by atoms with Crippen LogP contribution in [0.15, 0.2) is 0 Å². The van der Waals surface area contributed by atoms with Gasteiger partial charge in [-0.05, 0) is 12.8 Å². The van der Waals surface area contributed by atoms with Gasteiger partial charge in [0.15, 0.2) is 0 Å². The van der Waals surface area contributed by atoms with E-state index in [9.17, 15) is 18.0 Å². The highest BCUT2D eigenvalue weighted by Crippen LogP contribution is 2.12. The number of hydrogen-bond donors (Lipinski definition) is 1. The first-order chi connectivity index (χ1) is 6.99. The first kappa shape index (κ1) is 12.3. The normalized spacial score (nSPS) is 17.1. The molecular weight excluding hydrogens is 209 g/mol. The molecule has 1 amide bonds. The van der Waals surface area contributed by atoms with Crippen molar-refractivity contribution in [2.24, 2.45) is 0 Å². The molecule has 1 saturated heterocycles. The maximum Gasteiger partial charge on any atom is 0.401 e. The summed E-state index contributed by atoms with van der Waals surface area (Å²) >= 11 is 0. The van der Waals surface area contributed by atoms with Gasteiger partial charge in [-0.2, -0.15) is 13.2 Å². The van der Waals surface area contributed by atoms with Gasteiger partial charge in [-0.1, -0.05) is 0 Å². The summed E-state index contributed by atoms with van der Waals surface area (Å²) in [5, 5.41) is 2.21. The molecule has 3 nitrogen and oxygen atoms in total. The van der Waals surface area contributed by atoms with Crippen LogP contribution in [0.2, 0.25) is 0 Å². The number of carbonyl (C=O) groups excluding carboxylic acids is 1. The Labute approximate surface area is 86.6 Å². The summed E-state index contributed by atoms with van der Waals surface area (Å²) in [6.07, 6.45) is -2.05. The molecule has 0 radical (unpaired) electrons. The second-order valence-electron chi connectivity index (χ2n) is 3.63. The molecule has 0 saturated carbocycles. The highest BCUT2D eigenvalue weighted by molar-refractivity contribution is 5.76. The van der Waals surface area contributed by atoms with Crippen LogP contribution < -0.4 is 5.32 Å². The molecule has 1 rings (SSSR count). The molecule has 1 aliphatic rings. The maximum absolute atomic E-state index is 11.7. The summed E-state index contributed by atoms with van der Waals surface area (Å²) in [6.45, 7) is 0.561. The van der Waals surface area contributed by atoms with Gasteiger partial charge in [-0.25, -0.2) is 0 Å². The van der Waals surface area contributed by atoms with E-state index in [1.165, 1.54) is 0 Å². The van der Waals surface area contributed by atoms with Gasteiger partial charge in [0.1, 0.15) is 0 Å². The largest absolute Gasteiger partial charge is 0.401 e. The Morgan fingerprint density at radius 2 is 1.87 bits per heavy atom. The molecule has 0 unspecified atom stereocenters. The van der Waals surface area contributed by atoms with E-state index in [-0.39, 0.29) is 18.9 Å². The second kappa shape index (κ2) is 5.34. The molecule has 0 atom stereocenters. The number of nitrogens with one attached hydrogen (secondary N) is 1. The monoisotopic (exact) mass is 224 g/mol. The second-order valence-corrected chi connectivity index (χ2v) is 3.63. The van der Waals surface area contributed by atoms with Crippen LogP contribution in [0.3, 0.4) is 0 Å². The molecule has 0 aromatic carbocycles. The van der Waals surface area contributed by atoms with Crippen molar-refractivity contribution in [3.05, 3.63) is 0 Å². The quantitative estimate of drug-likeness (QED) is 0.726. The Morgan fingerprint density at radius 3 is 2.40 bits per heavy atom. The topological polar surface area (TPSA) is 32.3 Å². The lowest BCUT2D eigenvalue weighted by Gasteiger charge is -2.15. The molecule has 1 aliphatic heterocycles. The predicted molar refractivity (Wildman–Crippen MR) is 49.4 cm³/mol. The highest BCUT2D eigenvalue weighted by Gasteiger charge is 2.26. The number of halogens is 3. The van der Waals surface area contributed by atoms with Crippen LogP contribution >= 0.6 is 0 Å². The Bertz CT molecular complexity index is 212. The molecular formula is C9H15F3N2O. The Kier molecular flexibility index (Phi) is 4.38. The first-order valence-electron chi connectivity index (χ1n) is 5.04. The van der Waals surface area contributed by atoms with Crippen LogP contribution in [0.4, 0.5) is 13.2 Å². The molecule has 1 N–H and O–H groups in total. The molecule has 1 fully saturated rings. The van der Waals surface area contributed by atoms with Crippen LogP contribution in [-0.2, 0) is 4.79 Å². The summed E-state index contributed by atoms with van der Waals surface area (Å²) in [4.78, 5) is 13.1. The van der Waals surface area contributed by atoms with Gasteiger partial charge in [-0.15, -0.1) is 0 Å². The van der Waals surface area contributed by atoms with Crippen molar-refractivity contribution < 1.29 is 18.0 Å². The Morgan fingerprint density at radius 1 is 1.27 bits per heavy atom. The zero-order valence-electron chi connectivity index (χ0n) is 8.44. The van der Waals surface area contributed by atoms with Gasteiger partial charge in [0.05, 0.1) is 6.54 Å². The fraction of sp³-hybridized carbons (Fsp3) is 0.889. The number of carbonyl (C=O) groups is 1. The summed E-state index contributed by atoms with van der Waals surface area (Å²) in [6, 6.07) is 0. The van der Waals surface area contributed by atoms with E-state index >= 15 is 0 Å². The minimum absolute atomic E-state index is 0.0535. The van der Waals surface area contributed by atoms with Gasteiger partial charge in [-0.3, -0.25) is 4.79 Å². The minimum Gasteiger partial charge on any atom is -0.343 e. The average molecular weight is 224 g/mol. The zero-order valence-corrected chi connectivity index (χ0v) is 8.44. The Balaban J connectivity index is 2.07. The lowest BCUT2D eigenvalue weighted by molar-refractivity contribution is -0.132. The maximum atomic E-state index is 11.7. The number of amides is 1. The van der Waals surface area contributed by atoms with Crippen molar-refractivity contribution in [1.29, 1.82) is 0 Å². The zero-order chi connectivity index (χ0) is 11.3. The summed E-state index contributed by atoms with van der Waals surface area (Å²) in [7, 11) is 0. The fourth-order valence-electron chi connectivity index (χ4n) is 1.55. The van der Waals surface area contributed by atoms with Crippen LogP contribution in [0.5, 0.6) is 0 Å². The predicted octanol–water partition coefficient (Wildman–Crippen LogP) is 1.15. The smallest absolute Gasteiger partial charge is 0.343 e. The van der Waals surface area contributed by atoms with Crippen molar-refractivity contribution >= 4 is 5.91 Å². The molecule has 15 heavy (non-hydrogen) atoms. The van der Waals surface area contributed by atoms with E-state index in [2.05, 4.69) is 5.32 Å². The summed E-state index contributed by atoms with van der Waals surface area (Å²) in [5.74, 6) is -0.0535. The molecule has 0 bridgehead atoms. The van der Waals surface area contributed by atoms with E-state index in [1.54, 1.807) is 4.90 Å². The lowest BCUT2D eigenvalue weighted by Crippen LogP contribution is -2.34. The summed E-state index contributed by atoms with van der Waals surface area (Å²) < 4.78 is 35.2. The van der Waals surface area contributed by atoms with Gasteiger partial charge in [0, 0.05) is 26.1 Å². The minimum atomic E-state index is -4.20. The van der Waals surface area contributed by atoms with Crippen LogP contribution in [0.1, 0.15) is 19.3 Å². The van der Waals surface area contributed by atoms with E-state index in [0.717, 1.165) is 25.9 Å². The molecule has 0 spiro atoms. The molecule has 1 heterocycles. The number of nitrogens with zero attached hydrogens (tertiary/aromatic N) is 1. The average Bonchev–Trinajstić information content (AvgIpc) is 2.63. The fourth-order valence-corrected chi connectivity index (χ4v) is 1.55. The highest BCUT2D eigenvalue weighted by atomic mass is 19.4. The number of rotatable bonds is 4. The van der Waals surface area contributed by atoms with Gasteiger partial charge >= 0.3 is 6.18 Å². The number of alkyl halides is 3. The van der Waals surface area contributed by atoms with Gasteiger partial charge in [0.2, 0.25) is 5.91 Å². The number of likely N-dealkylation sites (tertiary alicyclic amines) is 1. The molecule has 6 heteroatoms. The first-order valence-corrected chi connectivity index (χ1v) is 5.04. The van der Waals surface area contributed by atoms with Crippen molar-refractivity contribution in [2.75, 3.05) is 26.2 Å². The molecule has 0 aliphatic carbocycles. The van der Waals surface area contributed by atoms with Crippen molar-refractivity contribution in [3.63, 3.8) is 0 Å². The third-order valence-corrected chi connectivity index (χ3v) is 2.30. The van der Waals surface area contributed by atoms with Crippen LogP contribution in [0.25, 0.3) is 0 Å². The van der Waals surface area contributed by atoms with Gasteiger partial charge < -0.3 is 10.2 Å².